The number of hydrogen-bond donors (Lipinski definition) is 2. The average molecular weight is 688 g/mol. The van der Waals surface area contributed by atoms with E-state index in [0.29, 0.717) is 16.5 Å². The molecule has 0 saturated carbocycles. The number of aromatic hydroxyl groups is 1. The summed E-state index contributed by atoms with van der Waals surface area (Å²) in [5.74, 6) is 0.0785. The van der Waals surface area contributed by atoms with Gasteiger partial charge in [-0.25, -0.2) is 0 Å². The Balaban J connectivity index is 0.000000694. The molecule has 51 heavy (non-hydrogen) atoms. The zero-order chi connectivity index (χ0) is 38.0. The summed E-state index contributed by atoms with van der Waals surface area (Å²) in [6, 6.07) is 6.31. The minimum Gasteiger partial charge on any atom is -0.508 e. The van der Waals surface area contributed by atoms with E-state index in [2.05, 4.69) is 160 Å². The van der Waals surface area contributed by atoms with Gasteiger partial charge in [0.15, 0.2) is 0 Å². The van der Waals surface area contributed by atoms with E-state index in [4.69, 9.17) is 5.11 Å². The largest absolute Gasteiger partial charge is 0.508 e. The summed E-state index contributed by atoms with van der Waals surface area (Å²) in [4.78, 5) is 10.5. The molecule has 0 heterocycles. The van der Waals surface area contributed by atoms with Crippen LogP contribution < -0.4 is 5.32 Å². The summed E-state index contributed by atoms with van der Waals surface area (Å²) in [7, 11) is 0. The molecule has 3 nitrogen and oxygen atoms in total. The lowest BCUT2D eigenvalue weighted by molar-refractivity contribution is -0.114. The van der Waals surface area contributed by atoms with Gasteiger partial charge in [-0.1, -0.05) is 146 Å². The van der Waals surface area contributed by atoms with E-state index in [1.165, 1.54) is 91.0 Å². The van der Waals surface area contributed by atoms with Gasteiger partial charge in [0.2, 0.25) is 5.91 Å². The van der Waals surface area contributed by atoms with Crippen LogP contribution in [0.4, 0.5) is 5.69 Å². The fourth-order valence-corrected chi connectivity index (χ4v) is 6.54. The number of nitrogens with one attached hydrogen (secondary N) is 1. The van der Waals surface area contributed by atoms with Crippen molar-refractivity contribution < 1.29 is 9.90 Å². The maximum Gasteiger partial charge on any atom is 0.221 e. The summed E-state index contributed by atoms with van der Waals surface area (Å²) in [6.07, 6.45) is 38.4. The van der Waals surface area contributed by atoms with Crippen LogP contribution in [0.3, 0.4) is 0 Å². The Bertz CT molecular complexity index is 1570. The predicted molar refractivity (Wildman–Crippen MR) is 224 cm³/mol. The third-order valence-corrected chi connectivity index (χ3v) is 9.56. The van der Waals surface area contributed by atoms with Crippen LogP contribution in [0.5, 0.6) is 5.75 Å². The molecular weight excluding hydrogens is 623 g/mol. The standard InChI is InChI=1S/C40H56.C8H9NO2/c1-31(19-13-21-33(3)25-27-37-35(5)23-15-29-39(37,7)8)17-11-12-18-32(2)20-14-22-34(4)26-28-38-36(6)24-16-30-40(38,9)10;1-6(10)9-7-2-4-8(11)5-3-7/h11-14,17-22,25-28H,15-16,23-24,29-30H2,1-10H3;2-5,11H,1H3,(H,9,10)/b12-11+,19-13+,20-14+,27-25+,28-26+,31-17+,32-18+,33-21+,34-22+;. The summed E-state index contributed by atoms with van der Waals surface area (Å²) in [6.45, 7) is 24.2. The lowest BCUT2D eigenvalue weighted by Crippen LogP contribution is -2.19. The summed E-state index contributed by atoms with van der Waals surface area (Å²) >= 11 is 0. The molecule has 0 unspecified atom stereocenters. The highest BCUT2D eigenvalue weighted by Crippen LogP contribution is 2.41. The first-order valence-electron chi connectivity index (χ1n) is 18.6. The molecule has 0 atom stereocenters. The average Bonchev–Trinajstić information content (AvgIpc) is 3.03. The maximum absolute atomic E-state index is 10.5. The number of allylic oxidation sites excluding steroid dienone is 22. The topological polar surface area (TPSA) is 49.3 Å². The Labute approximate surface area is 311 Å². The maximum atomic E-state index is 10.5. The van der Waals surface area contributed by atoms with Crippen molar-refractivity contribution in [3.8, 4) is 5.75 Å². The number of rotatable bonds is 11. The van der Waals surface area contributed by atoms with E-state index >= 15 is 0 Å². The van der Waals surface area contributed by atoms with Gasteiger partial charge < -0.3 is 10.4 Å². The van der Waals surface area contributed by atoms with Crippen LogP contribution in [0.1, 0.15) is 115 Å². The first-order valence-corrected chi connectivity index (χ1v) is 18.6. The number of phenols is 1. The third-order valence-electron chi connectivity index (χ3n) is 9.56. The molecule has 3 rings (SSSR count). The van der Waals surface area contributed by atoms with Crippen LogP contribution in [-0.2, 0) is 4.79 Å². The number of amides is 1. The monoisotopic (exact) mass is 688 g/mol. The van der Waals surface area contributed by atoms with Crippen molar-refractivity contribution in [3.63, 3.8) is 0 Å². The highest BCUT2D eigenvalue weighted by Gasteiger charge is 2.27. The van der Waals surface area contributed by atoms with Gasteiger partial charge in [0, 0.05) is 12.6 Å². The molecule has 0 radical (unpaired) electrons. The molecule has 0 aromatic heterocycles. The van der Waals surface area contributed by atoms with Gasteiger partial charge in [-0.05, 0) is 126 Å². The molecule has 2 N–H and O–H groups in total. The second kappa shape index (κ2) is 21.1. The first kappa shape index (κ1) is 42.8. The minimum atomic E-state index is -0.115. The lowest BCUT2D eigenvalue weighted by atomic mass is 9.72. The lowest BCUT2D eigenvalue weighted by Gasteiger charge is -2.33. The van der Waals surface area contributed by atoms with E-state index in [1.54, 1.807) is 23.3 Å². The van der Waals surface area contributed by atoms with Gasteiger partial charge in [-0.15, -0.1) is 0 Å². The number of hydrogen-bond acceptors (Lipinski definition) is 2. The number of phenolic OH excluding ortho intramolecular Hbond substituents is 1. The Kier molecular flexibility index (Phi) is 17.7. The minimum absolute atomic E-state index is 0.115. The molecule has 3 heteroatoms. The van der Waals surface area contributed by atoms with Crippen LogP contribution >= 0.6 is 0 Å². The van der Waals surface area contributed by atoms with Crippen molar-refractivity contribution in [1.29, 1.82) is 0 Å². The molecule has 2 aliphatic rings. The van der Waals surface area contributed by atoms with Crippen LogP contribution in [0.25, 0.3) is 0 Å². The van der Waals surface area contributed by atoms with Crippen molar-refractivity contribution in [2.24, 2.45) is 10.8 Å². The molecule has 1 aromatic rings. The molecule has 0 aliphatic heterocycles. The quantitative estimate of drug-likeness (QED) is 0.180. The second-order valence-corrected chi connectivity index (χ2v) is 15.5. The number of carbonyl (C=O) groups excluding carboxylic acids is 1. The normalized spacial score (nSPS) is 19.2. The van der Waals surface area contributed by atoms with Crippen molar-refractivity contribution in [3.05, 3.63) is 154 Å². The van der Waals surface area contributed by atoms with E-state index in [0.717, 1.165) is 0 Å². The molecule has 1 aromatic carbocycles. The third kappa shape index (κ3) is 16.5. The molecule has 1 amide bonds. The van der Waals surface area contributed by atoms with Crippen molar-refractivity contribution in [1.82, 2.24) is 0 Å². The molecule has 274 valence electrons. The molecule has 0 saturated heterocycles. The fourth-order valence-electron chi connectivity index (χ4n) is 6.54. The van der Waals surface area contributed by atoms with Crippen LogP contribution in [0.15, 0.2) is 154 Å². The van der Waals surface area contributed by atoms with E-state index in [9.17, 15) is 4.79 Å². The zero-order valence-corrected chi connectivity index (χ0v) is 33.5. The molecule has 0 bridgehead atoms. The van der Waals surface area contributed by atoms with Gasteiger partial charge in [-0.2, -0.15) is 0 Å². The number of carbonyl (C=O) groups is 1. The Hall–Kier alpha value is -4.37. The summed E-state index contributed by atoms with van der Waals surface area (Å²) < 4.78 is 0. The smallest absolute Gasteiger partial charge is 0.221 e. The molecule has 0 fully saturated rings. The number of anilines is 1. The zero-order valence-electron chi connectivity index (χ0n) is 33.5. The highest BCUT2D eigenvalue weighted by molar-refractivity contribution is 5.88. The van der Waals surface area contributed by atoms with Gasteiger partial charge in [0.25, 0.3) is 0 Å². The van der Waals surface area contributed by atoms with Crippen LogP contribution in [0, 0.1) is 10.8 Å². The number of benzene rings is 1. The molecule has 0 spiro atoms. The summed E-state index contributed by atoms with van der Waals surface area (Å²) in [5, 5.41) is 11.5. The SMILES string of the molecule is CC(=O)Nc1ccc(O)cc1.CC1=C(/C=C/C(C)=C/C=C/C(C)=C/C=C/C=C(C)/C=C/C=C(C)/C=C/C2=C(C)CCCC2(C)C)C(C)(C)CCC1. The van der Waals surface area contributed by atoms with Gasteiger partial charge in [0.1, 0.15) is 5.75 Å². The Morgan fingerprint density at radius 3 is 1.35 bits per heavy atom. The second-order valence-electron chi connectivity index (χ2n) is 15.5. The van der Waals surface area contributed by atoms with Crippen molar-refractivity contribution >= 4 is 11.6 Å². The van der Waals surface area contributed by atoms with Gasteiger partial charge >= 0.3 is 0 Å². The Morgan fingerprint density at radius 1 is 0.608 bits per heavy atom. The van der Waals surface area contributed by atoms with Gasteiger partial charge in [0.05, 0.1) is 0 Å². The van der Waals surface area contributed by atoms with Crippen molar-refractivity contribution in [2.45, 2.75) is 115 Å². The Morgan fingerprint density at radius 2 is 0.980 bits per heavy atom. The molecule has 2 aliphatic carbocycles. The summed E-state index contributed by atoms with van der Waals surface area (Å²) in [5.41, 5.74) is 12.4. The molecular formula is C48H65NO2. The van der Waals surface area contributed by atoms with Gasteiger partial charge in [-0.3, -0.25) is 4.79 Å². The van der Waals surface area contributed by atoms with Crippen molar-refractivity contribution in [2.75, 3.05) is 5.32 Å². The highest BCUT2D eigenvalue weighted by atomic mass is 16.3. The van der Waals surface area contributed by atoms with Crippen LogP contribution in [-0.4, -0.2) is 11.0 Å². The van der Waals surface area contributed by atoms with E-state index in [-0.39, 0.29) is 11.7 Å². The fraction of sp³-hybridized carbons (Fsp3) is 0.396. The first-order chi connectivity index (χ1) is 24.0. The van der Waals surface area contributed by atoms with E-state index in [1.807, 2.05) is 0 Å². The predicted octanol–water partition coefficient (Wildman–Crippen LogP) is 14.0. The van der Waals surface area contributed by atoms with E-state index < -0.39 is 0 Å². The van der Waals surface area contributed by atoms with Crippen LogP contribution in [0.2, 0.25) is 0 Å².